The minimum Gasteiger partial charge on any atom is -0.505 e. The number of esters is 1. The number of methoxy groups -OCH3 is 2. The molecule has 7 nitrogen and oxygen atoms in total. The summed E-state index contributed by atoms with van der Waals surface area (Å²) in [4.78, 5) is 27.8. The van der Waals surface area contributed by atoms with E-state index in [9.17, 15) is 19.8 Å². The highest BCUT2D eigenvalue weighted by Gasteiger charge is 2.27. The lowest BCUT2D eigenvalue weighted by atomic mass is 9.99. The third-order valence-electron chi connectivity index (χ3n) is 3.83. The van der Waals surface area contributed by atoms with E-state index in [2.05, 4.69) is 9.72 Å². The van der Waals surface area contributed by atoms with Crippen molar-refractivity contribution < 1.29 is 29.3 Å². The number of nitrogens with zero attached hydrogens (tertiary/aromatic N) is 1. The first kappa shape index (κ1) is 18.3. The van der Waals surface area contributed by atoms with Crippen molar-refractivity contribution in [3.8, 4) is 11.5 Å². The summed E-state index contributed by atoms with van der Waals surface area (Å²) in [5.74, 6) is -2.05. The van der Waals surface area contributed by atoms with Crippen LogP contribution in [0.15, 0.2) is 24.3 Å². The van der Waals surface area contributed by atoms with Crippen LogP contribution < -0.4 is 4.74 Å². The fourth-order valence-electron chi connectivity index (χ4n) is 2.52. The van der Waals surface area contributed by atoms with Gasteiger partial charge in [-0.25, -0.2) is 9.59 Å². The van der Waals surface area contributed by atoms with Crippen molar-refractivity contribution in [2.24, 2.45) is 0 Å². The molecule has 0 aliphatic heterocycles. The van der Waals surface area contributed by atoms with Crippen LogP contribution in [0.2, 0.25) is 0 Å². The molecule has 0 saturated heterocycles. The highest BCUT2D eigenvalue weighted by molar-refractivity contribution is 6.05. The minimum absolute atomic E-state index is 0.148. The minimum atomic E-state index is -1.41. The van der Waals surface area contributed by atoms with Gasteiger partial charge >= 0.3 is 11.9 Å². The highest BCUT2D eigenvalue weighted by Crippen LogP contribution is 2.28. The number of carboxylic acids is 1. The fraction of sp³-hybridized carbons (Fsp3) is 0.278. The zero-order valence-corrected chi connectivity index (χ0v) is 14.2. The first-order valence-electron chi connectivity index (χ1n) is 7.56. The van der Waals surface area contributed by atoms with Crippen molar-refractivity contribution >= 4 is 11.9 Å². The van der Waals surface area contributed by atoms with Crippen molar-refractivity contribution in [2.75, 3.05) is 14.2 Å². The van der Waals surface area contributed by atoms with Gasteiger partial charge in [-0.1, -0.05) is 12.1 Å². The lowest BCUT2D eigenvalue weighted by Crippen LogP contribution is -2.17. The van der Waals surface area contributed by atoms with Crippen LogP contribution in [0.4, 0.5) is 0 Å². The molecule has 132 valence electrons. The van der Waals surface area contributed by atoms with E-state index < -0.39 is 23.3 Å². The molecule has 2 rings (SSSR count). The van der Waals surface area contributed by atoms with Crippen molar-refractivity contribution in [3.05, 3.63) is 52.3 Å². The molecule has 0 radical (unpaired) electrons. The third-order valence-corrected chi connectivity index (χ3v) is 3.83. The van der Waals surface area contributed by atoms with E-state index in [1.807, 2.05) is 24.3 Å². The summed E-state index contributed by atoms with van der Waals surface area (Å²) in [6.07, 6.45) is 0.850. The van der Waals surface area contributed by atoms with Gasteiger partial charge in [0.15, 0.2) is 5.75 Å². The molecule has 1 aromatic heterocycles. The second-order valence-electron chi connectivity index (χ2n) is 5.39. The first-order valence-corrected chi connectivity index (χ1v) is 7.56. The molecule has 25 heavy (non-hydrogen) atoms. The number of hydrogen-bond acceptors (Lipinski definition) is 6. The van der Waals surface area contributed by atoms with Crippen LogP contribution in [0, 0.1) is 6.92 Å². The molecule has 2 N–H and O–H groups in total. The van der Waals surface area contributed by atoms with E-state index in [1.165, 1.54) is 6.92 Å². The number of rotatable bonds is 6. The standard InChI is InChI=1S/C18H19NO6/c1-10-16(20)15(17(21)22)14(18(23)25-3)13(19-10)9-6-11-4-7-12(24-2)8-5-11/h4-5,7-8,20H,6,9H2,1-3H3,(H,21,22). The van der Waals surface area contributed by atoms with Gasteiger partial charge in [0, 0.05) is 0 Å². The van der Waals surface area contributed by atoms with Crippen molar-refractivity contribution in [1.82, 2.24) is 4.98 Å². The van der Waals surface area contributed by atoms with Crippen LogP contribution in [-0.4, -0.2) is 41.4 Å². The number of aromatic carboxylic acids is 1. The maximum absolute atomic E-state index is 12.1. The Bertz CT molecular complexity index is 798. The zero-order chi connectivity index (χ0) is 18.6. The van der Waals surface area contributed by atoms with Crippen LogP contribution in [0.1, 0.15) is 37.7 Å². The molecular weight excluding hydrogens is 326 g/mol. The van der Waals surface area contributed by atoms with Gasteiger partial charge in [-0.05, 0) is 37.5 Å². The number of hydrogen-bond donors (Lipinski definition) is 2. The number of carboxylic acid groups (broad SMARTS) is 1. The Labute approximate surface area is 144 Å². The summed E-state index contributed by atoms with van der Waals surface area (Å²) in [5.41, 5.74) is 0.696. The molecule has 0 unspecified atom stereocenters. The van der Waals surface area contributed by atoms with E-state index in [4.69, 9.17) is 4.74 Å². The maximum atomic E-state index is 12.1. The van der Waals surface area contributed by atoms with Gasteiger partial charge in [0.1, 0.15) is 11.3 Å². The zero-order valence-electron chi connectivity index (χ0n) is 14.2. The van der Waals surface area contributed by atoms with E-state index in [1.54, 1.807) is 7.11 Å². The fourth-order valence-corrected chi connectivity index (χ4v) is 2.52. The number of benzene rings is 1. The van der Waals surface area contributed by atoms with Gasteiger partial charge in [-0.15, -0.1) is 0 Å². The number of pyridine rings is 1. The number of ether oxygens (including phenoxy) is 2. The Hall–Kier alpha value is -3.09. The largest absolute Gasteiger partial charge is 0.505 e. The summed E-state index contributed by atoms with van der Waals surface area (Å²) in [7, 11) is 2.73. The van der Waals surface area contributed by atoms with Gasteiger partial charge in [0.2, 0.25) is 0 Å². The first-order chi connectivity index (χ1) is 11.9. The molecule has 0 spiro atoms. The van der Waals surface area contributed by atoms with Gasteiger partial charge in [-0.3, -0.25) is 4.98 Å². The maximum Gasteiger partial charge on any atom is 0.340 e. The number of carbonyl (C=O) groups excluding carboxylic acids is 1. The molecule has 0 fully saturated rings. The lowest BCUT2D eigenvalue weighted by Gasteiger charge is -2.13. The van der Waals surface area contributed by atoms with Gasteiger partial charge < -0.3 is 19.7 Å². The van der Waals surface area contributed by atoms with Crippen LogP contribution in [0.25, 0.3) is 0 Å². The molecule has 0 aliphatic carbocycles. The van der Waals surface area contributed by atoms with Crippen molar-refractivity contribution in [3.63, 3.8) is 0 Å². The highest BCUT2D eigenvalue weighted by atomic mass is 16.5. The quantitative estimate of drug-likeness (QED) is 0.774. The van der Waals surface area contributed by atoms with Gasteiger partial charge in [-0.2, -0.15) is 0 Å². The Morgan fingerprint density at radius 2 is 1.72 bits per heavy atom. The van der Waals surface area contributed by atoms with Crippen molar-refractivity contribution in [2.45, 2.75) is 19.8 Å². The van der Waals surface area contributed by atoms with E-state index in [0.29, 0.717) is 12.8 Å². The number of aryl methyl sites for hydroxylation is 3. The summed E-state index contributed by atoms with van der Waals surface area (Å²) in [6, 6.07) is 7.38. The Balaban J connectivity index is 2.41. The monoisotopic (exact) mass is 345 g/mol. The summed E-state index contributed by atoms with van der Waals surface area (Å²) >= 11 is 0. The number of aromatic hydroxyl groups is 1. The SMILES string of the molecule is COC(=O)c1c(CCc2ccc(OC)cc2)nc(C)c(O)c1C(=O)O. The molecule has 7 heteroatoms. The van der Waals surface area contributed by atoms with E-state index in [-0.39, 0.29) is 17.0 Å². The number of aromatic nitrogens is 1. The molecular formula is C18H19NO6. The van der Waals surface area contributed by atoms with E-state index >= 15 is 0 Å². The normalized spacial score (nSPS) is 10.4. The molecule has 0 saturated carbocycles. The van der Waals surface area contributed by atoms with E-state index in [0.717, 1.165) is 18.4 Å². The summed E-state index contributed by atoms with van der Waals surface area (Å²) in [6.45, 7) is 1.49. The third kappa shape index (κ3) is 3.88. The Morgan fingerprint density at radius 3 is 2.24 bits per heavy atom. The smallest absolute Gasteiger partial charge is 0.340 e. The van der Waals surface area contributed by atoms with Crippen LogP contribution in [0.5, 0.6) is 11.5 Å². The Morgan fingerprint density at radius 1 is 1.08 bits per heavy atom. The molecule has 2 aromatic rings. The topological polar surface area (TPSA) is 106 Å². The molecule has 0 amide bonds. The lowest BCUT2D eigenvalue weighted by molar-refractivity contribution is 0.0578. The van der Waals surface area contributed by atoms with Crippen LogP contribution >= 0.6 is 0 Å². The molecule has 1 heterocycles. The number of carbonyl (C=O) groups is 2. The average molecular weight is 345 g/mol. The van der Waals surface area contributed by atoms with Crippen LogP contribution in [-0.2, 0) is 17.6 Å². The molecule has 0 bridgehead atoms. The van der Waals surface area contributed by atoms with Gasteiger partial charge in [0.05, 0.1) is 31.2 Å². The predicted molar refractivity (Wildman–Crippen MR) is 89.3 cm³/mol. The predicted octanol–water partition coefficient (Wildman–Crippen LogP) is 2.37. The second kappa shape index (κ2) is 7.65. The van der Waals surface area contributed by atoms with Crippen molar-refractivity contribution in [1.29, 1.82) is 0 Å². The van der Waals surface area contributed by atoms with Crippen LogP contribution in [0.3, 0.4) is 0 Å². The van der Waals surface area contributed by atoms with Gasteiger partial charge in [0.25, 0.3) is 0 Å². The molecule has 1 aromatic carbocycles. The summed E-state index contributed by atoms with van der Waals surface area (Å²) < 4.78 is 9.78. The average Bonchev–Trinajstić information content (AvgIpc) is 2.61. The second-order valence-corrected chi connectivity index (χ2v) is 5.39. The summed E-state index contributed by atoms with van der Waals surface area (Å²) in [5, 5.41) is 19.4. The Kier molecular flexibility index (Phi) is 5.59. The molecule has 0 atom stereocenters. The molecule has 0 aliphatic rings.